The van der Waals surface area contributed by atoms with Gasteiger partial charge in [0.15, 0.2) is 11.5 Å². The molecule has 1 spiro atoms. The van der Waals surface area contributed by atoms with E-state index in [0.717, 1.165) is 76.4 Å². The maximum Gasteiger partial charge on any atom is 0.165 e. The molecule has 31 heavy (non-hydrogen) atoms. The smallest absolute Gasteiger partial charge is 0.165 e. The molecule has 0 radical (unpaired) electrons. The lowest BCUT2D eigenvalue weighted by Gasteiger charge is -2.65. The number of piperidine rings is 1. The third-order valence-corrected chi connectivity index (χ3v) is 9.74. The van der Waals surface area contributed by atoms with Gasteiger partial charge in [-0.15, -0.1) is 0 Å². The minimum atomic E-state index is -0.764. The summed E-state index contributed by atoms with van der Waals surface area (Å²) in [5.74, 6) is 1.75. The number of hydrogen-bond donors (Lipinski definition) is 2. The second kappa shape index (κ2) is 6.37. The van der Waals surface area contributed by atoms with E-state index in [1.807, 2.05) is 6.07 Å². The number of nitrogens with zero attached hydrogens (tertiary/aromatic N) is 3. The molecule has 1 aromatic rings. The van der Waals surface area contributed by atoms with Crippen molar-refractivity contribution in [3.63, 3.8) is 0 Å². The van der Waals surface area contributed by atoms with Crippen LogP contribution >= 0.6 is 0 Å². The Labute approximate surface area is 184 Å². The molecule has 2 saturated carbocycles. The number of benzene rings is 1. The van der Waals surface area contributed by atoms with Gasteiger partial charge in [-0.3, -0.25) is 9.80 Å². The van der Waals surface area contributed by atoms with Gasteiger partial charge in [0, 0.05) is 50.4 Å². The largest absolute Gasteiger partial charge is 0.504 e. The summed E-state index contributed by atoms with van der Waals surface area (Å²) in [7, 11) is 2.20. The van der Waals surface area contributed by atoms with Crippen LogP contribution < -0.4 is 4.74 Å². The summed E-state index contributed by atoms with van der Waals surface area (Å²) in [5.41, 5.74) is 1.30. The molecule has 6 aliphatic rings. The van der Waals surface area contributed by atoms with Crippen LogP contribution in [0.1, 0.15) is 43.2 Å². The van der Waals surface area contributed by atoms with Gasteiger partial charge in [-0.2, -0.15) is 0 Å². The van der Waals surface area contributed by atoms with Crippen LogP contribution in [0.25, 0.3) is 0 Å². The van der Waals surface area contributed by atoms with Gasteiger partial charge in [0.05, 0.1) is 11.0 Å². The van der Waals surface area contributed by atoms with Crippen molar-refractivity contribution in [2.75, 3.05) is 46.3 Å². The molecular weight excluding hydrogens is 390 g/mol. The molecule has 0 amide bonds. The fourth-order valence-electron chi connectivity index (χ4n) is 7.98. The van der Waals surface area contributed by atoms with Crippen molar-refractivity contribution in [3.8, 4) is 11.5 Å². The van der Waals surface area contributed by atoms with Crippen LogP contribution in [0.4, 0.5) is 0 Å². The molecule has 2 N–H and O–H groups in total. The number of phenolic OH excluding ortho intramolecular Hbond substituents is 1. The quantitative estimate of drug-likeness (QED) is 0.767. The van der Waals surface area contributed by atoms with Crippen LogP contribution in [-0.4, -0.2) is 95.0 Å². The van der Waals surface area contributed by atoms with E-state index < -0.39 is 5.60 Å². The molecule has 4 fully saturated rings. The molecule has 2 bridgehead atoms. The Morgan fingerprint density at radius 1 is 1.06 bits per heavy atom. The first kappa shape index (κ1) is 19.2. The zero-order valence-corrected chi connectivity index (χ0v) is 18.6. The van der Waals surface area contributed by atoms with Gasteiger partial charge in [0.1, 0.15) is 6.10 Å². The molecule has 6 nitrogen and oxygen atoms in total. The predicted molar refractivity (Wildman–Crippen MR) is 118 cm³/mol. The van der Waals surface area contributed by atoms with Crippen molar-refractivity contribution in [2.24, 2.45) is 5.92 Å². The molecule has 0 aromatic heterocycles. The molecule has 3 aliphatic heterocycles. The van der Waals surface area contributed by atoms with E-state index in [4.69, 9.17) is 4.74 Å². The van der Waals surface area contributed by atoms with Crippen molar-refractivity contribution in [1.82, 2.24) is 14.7 Å². The summed E-state index contributed by atoms with van der Waals surface area (Å²) >= 11 is 0. The normalized spacial score (nSPS) is 42.3. The Hall–Kier alpha value is -1.34. The van der Waals surface area contributed by atoms with E-state index in [2.05, 4.69) is 27.8 Å². The maximum atomic E-state index is 12.5. The van der Waals surface area contributed by atoms with E-state index in [-0.39, 0.29) is 23.3 Å². The van der Waals surface area contributed by atoms with Gasteiger partial charge in [-0.25, -0.2) is 0 Å². The molecule has 1 unspecified atom stereocenters. The van der Waals surface area contributed by atoms with Crippen molar-refractivity contribution in [3.05, 3.63) is 23.3 Å². The monoisotopic (exact) mass is 425 g/mol. The molecule has 5 atom stereocenters. The fourth-order valence-corrected chi connectivity index (χ4v) is 7.98. The summed E-state index contributed by atoms with van der Waals surface area (Å²) in [6, 6.07) is 4.40. The number of rotatable bonds is 3. The standard InChI is InChI=1S/C25H35N3O3/c1-26-10-12-27(13-11-26)18-6-7-25(30)20-14-17-4-5-19(29)22-21(17)24(25,23(18)31-22)8-9-28(20)15-16-2-3-16/h4-5,16,18,20,23,29-30H,2-3,6-15H2,1H3/t18-,20?,23+,24+,25-/m0/s1. The molecule has 1 aromatic carbocycles. The molecule has 168 valence electrons. The maximum absolute atomic E-state index is 12.5. The molecule has 2 saturated heterocycles. The summed E-state index contributed by atoms with van der Waals surface area (Å²) in [4.78, 5) is 7.63. The van der Waals surface area contributed by atoms with Gasteiger partial charge in [0.25, 0.3) is 0 Å². The van der Waals surface area contributed by atoms with E-state index >= 15 is 0 Å². The number of aromatic hydroxyl groups is 1. The first-order chi connectivity index (χ1) is 15.0. The van der Waals surface area contributed by atoms with E-state index in [0.29, 0.717) is 11.8 Å². The average molecular weight is 426 g/mol. The van der Waals surface area contributed by atoms with Crippen LogP contribution in [0.2, 0.25) is 0 Å². The zero-order valence-electron chi connectivity index (χ0n) is 18.6. The summed E-state index contributed by atoms with van der Waals surface area (Å²) in [6.07, 6.45) is 6.25. The minimum Gasteiger partial charge on any atom is -0.504 e. The first-order valence-corrected chi connectivity index (χ1v) is 12.4. The molecule has 6 heteroatoms. The zero-order chi connectivity index (χ0) is 21.0. The second-order valence-corrected chi connectivity index (χ2v) is 11.2. The number of piperazine rings is 1. The number of hydrogen-bond acceptors (Lipinski definition) is 6. The number of aliphatic hydroxyl groups is 1. The van der Waals surface area contributed by atoms with E-state index in [1.165, 1.54) is 18.4 Å². The molecule has 7 rings (SSSR count). The summed E-state index contributed by atoms with van der Waals surface area (Å²) in [5, 5.41) is 23.3. The molecule has 3 heterocycles. The second-order valence-electron chi connectivity index (χ2n) is 11.2. The van der Waals surface area contributed by atoms with Crippen LogP contribution in [0.5, 0.6) is 11.5 Å². The average Bonchev–Trinajstić information content (AvgIpc) is 3.50. The van der Waals surface area contributed by atoms with E-state index in [9.17, 15) is 10.2 Å². The predicted octanol–water partition coefficient (Wildman–Crippen LogP) is 1.57. The number of likely N-dealkylation sites (N-methyl/N-ethyl adjacent to an activating group) is 1. The van der Waals surface area contributed by atoms with E-state index in [1.54, 1.807) is 0 Å². The number of phenols is 1. The number of ether oxygens (including phenoxy) is 1. The highest BCUT2D eigenvalue weighted by atomic mass is 16.5. The van der Waals surface area contributed by atoms with Crippen molar-refractivity contribution in [1.29, 1.82) is 0 Å². The molecule has 3 aliphatic carbocycles. The SMILES string of the molecule is CN1CCN([C@H]2CC[C@]3(O)C4Cc5ccc(O)c6c5[C@]3(CCN4CC3CC3)[C@@H]2O6)CC1. The van der Waals surface area contributed by atoms with Crippen LogP contribution in [0, 0.1) is 5.92 Å². The summed E-state index contributed by atoms with van der Waals surface area (Å²) in [6.45, 7) is 6.46. The highest BCUT2D eigenvalue weighted by molar-refractivity contribution is 5.62. The van der Waals surface area contributed by atoms with Crippen LogP contribution in [0.15, 0.2) is 12.1 Å². The minimum absolute atomic E-state index is 0.0671. The Kier molecular flexibility index (Phi) is 3.94. The number of likely N-dealkylation sites (tertiary alicyclic amines) is 1. The highest BCUT2D eigenvalue weighted by Crippen LogP contribution is 2.66. The fraction of sp³-hybridized carbons (Fsp3) is 0.760. The van der Waals surface area contributed by atoms with Gasteiger partial charge >= 0.3 is 0 Å². The van der Waals surface area contributed by atoms with Gasteiger partial charge in [-0.05, 0) is 69.7 Å². The lowest BCUT2D eigenvalue weighted by molar-refractivity contribution is -0.201. The third kappa shape index (κ3) is 2.42. The van der Waals surface area contributed by atoms with Crippen molar-refractivity contribution < 1.29 is 14.9 Å². The van der Waals surface area contributed by atoms with Crippen LogP contribution in [0.3, 0.4) is 0 Å². The van der Waals surface area contributed by atoms with Crippen molar-refractivity contribution >= 4 is 0 Å². The Morgan fingerprint density at radius 3 is 2.65 bits per heavy atom. The topological polar surface area (TPSA) is 59.4 Å². The van der Waals surface area contributed by atoms with Gasteiger partial charge < -0.3 is 19.8 Å². The Balaban J connectivity index is 1.34. The third-order valence-electron chi connectivity index (χ3n) is 9.74. The Bertz CT molecular complexity index is 912. The van der Waals surface area contributed by atoms with Crippen LogP contribution in [-0.2, 0) is 11.8 Å². The lowest BCUT2D eigenvalue weighted by atomic mass is 9.48. The first-order valence-electron chi connectivity index (χ1n) is 12.4. The Morgan fingerprint density at radius 2 is 1.87 bits per heavy atom. The lowest BCUT2D eigenvalue weighted by Crippen LogP contribution is -2.78. The van der Waals surface area contributed by atoms with Crippen molar-refractivity contribution in [2.45, 2.75) is 67.7 Å². The van der Waals surface area contributed by atoms with Gasteiger partial charge in [-0.1, -0.05) is 6.07 Å². The summed E-state index contributed by atoms with van der Waals surface area (Å²) < 4.78 is 6.71. The van der Waals surface area contributed by atoms with Gasteiger partial charge in [0.2, 0.25) is 0 Å². The highest BCUT2D eigenvalue weighted by Gasteiger charge is 2.73. The molecular formula is C25H35N3O3.